The van der Waals surface area contributed by atoms with E-state index >= 15 is 0 Å². The predicted octanol–water partition coefficient (Wildman–Crippen LogP) is 3.42. The van der Waals surface area contributed by atoms with Crippen LogP contribution in [0.2, 0.25) is 0 Å². The molecule has 1 aliphatic carbocycles. The molecule has 0 aliphatic heterocycles. The molecule has 1 fully saturated rings. The third-order valence-corrected chi connectivity index (χ3v) is 4.56. The summed E-state index contributed by atoms with van der Waals surface area (Å²) in [5.41, 5.74) is 0.0476. The van der Waals surface area contributed by atoms with Crippen molar-refractivity contribution in [1.29, 1.82) is 0 Å². The van der Waals surface area contributed by atoms with Gasteiger partial charge in [-0.2, -0.15) is 0 Å². The zero-order valence-corrected chi connectivity index (χ0v) is 12.0. The van der Waals surface area contributed by atoms with Crippen molar-refractivity contribution in [1.82, 2.24) is 5.32 Å². The Morgan fingerprint density at radius 1 is 1.30 bits per heavy atom. The Kier molecular flexibility index (Phi) is 4.97. The van der Waals surface area contributed by atoms with Crippen LogP contribution in [-0.4, -0.2) is 18.3 Å². The van der Waals surface area contributed by atoms with Crippen molar-refractivity contribution in [2.24, 2.45) is 5.41 Å². The van der Waals surface area contributed by atoms with Crippen LogP contribution in [0.3, 0.4) is 0 Å². The minimum Gasteiger partial charge on any atom is -0.355 e. The summed E-state index contributed by atoms with van der Waals surface area (Å²) in [7, 11) is 0. The lowest BCUT2D eigenvalue weighted by atomic mass is 9.88. The van der Waals surface area contributed by atoms with Gasteiger partial charge < -0.3 is 5.32 Å². The Morgan fingerprint density at radius 2 is 2.00 bits per heavy atom. The topological polar surface area (TPSA) is 29.1 Å². The Balaban J connectivity index is 1.91. The normalized spacial score (nSPS) is 17.1. The van der Waals surface area contributed by atoms with Crippen molar-refractivity contribution in [3.63, 3.8) is 0 Å². The van der Waals surface area contributed by atoms with Crippen molar-refractivity contribution in [2.75, 3.05) is 12.4 Å². The molecule has 1 aromatic rings. The average Bonchev–Trinajstić information content (AvgIpc) is 2.91. The molecule has 0 bridgehead atoms. The predicted molar refractivity (Wildman–Crippen MR) is 74.7 cm³/mol. The summed E-state index contributed by atoms with van der Waals surface area (Å²) in [4.78, 5) is 11.8. The molecule has 1 amide bonds. The lowest BCUT2D eigenvalue weighted by Gasteiger charge is -2.26. The van der Waals surface area contributed by atoms with E-state index in [-0.39, 0.29) is 23.3 Å². The SMILES string of the molecule is O=C(Cc1cccc(F)c1F)NCC1(CCl)CCCC1. The Labute approximate surface area is 122 Å². The van der Waals surface area contributed by atoms with Crippen LogP contribution in [0.4, 0.5) is 8.78 Å². The van der Waals surface area contributed by atoms with Crippen LogP contribution in [0.15, 0.2) is 18.2 Å². The van der Waals surface area contributed by atoms with Crippen LogP contribution >= 0.6 is 11.6 Å². The molecule has 5 heteroatoms. The summed E-state index contributed by atoms with van der Waals surface area (Å²) in [5.74, 6) is -1.66. The van der Waals surface area contributed by atoms with Gasteiger partial charge in [-0.3, -0.25) is 4.79 Å². The highest BCUT2D eigenvalue weighted by Gasteiger charge is 2.33. The zero-order chi connectivity index (χ0) is 14.6. The first-order valence-corrected chi connectivity index (χ1v) is 7.35. The number of nitrogens with one attached hydrogen (secondary N) is 1. The van der Waals surface area contributed by atoms with Gasteiger partial charge in [-0.05, 0) is 18.9 Å². The second kappa shape index (κ2) is 6.53. The molecule has 2 rings (SSSR count). The molecule has 0 spiro atoms. The van der Waals surface area contributed by atoms with Gasteiger partial charge in [0.15, 0.2) is 11.6 Å². The molecule has 0 unspecified atom stereocenters. The van der Waals surface area contributed by atoms with E-state index in [0.29, 0.717) is 12.4 Å². The summed E-state index contributed by atoms with van der Waals surface area (Å²) in [6, 6.07) is 3.86. The van der Waals surface area contributed by atoms with Gasteiger partial charge in [0, 0.05) is 23.4 Å². The van der Waals surface area contributed by atoms with E-state index in [2.05, 4.69) is 5.32 Å². The molecular formula is C15H18ClF2NO. The van der Waals surface area contributed by atoms with Gasteiger partial charge in [-0.15, -0.1) is 11.6 Å². The van der Waals surface area contributed by atoms with E-state index in [0.717, 1.165) is 31.7 Å². The number of hydrogen-bond donors (Lipinski definition) is 1. The average molecular weight is 302 g/mol. The van der Waals surface area contributed by atoms with Crippen LogP contribution in [0.25, 0.3) is 0 Å². The van der Waals surface area contributed by atoms with Gasteiger partial charge in [0.1, 0.15) is 0 Å². The maximum absolute atomic E-state index is 13.5. The molecule has 0 aromatic heterocycles. The zero-order valence-electron chi connectivity index (χ0n) is 11.2. The van der Waals surface area contributed by atoms with Crippen LogP contribution in [0, 0.1) is 17.0 Å². The maximum Gasteiger partial charge on any atom is 0.224 e. The lowest BCUT2D eigenvalue weighted by molar-refractivity contribution is -0.120. The van der Waals surface area contributed by atoms with Gasteiger partial charge in [0.25, 0.3) is 0 Å². The monoisotopic (exact) mass is 301 g/mol. The Morgan fingerprint density at radius 3 is 2.65 bits per heavy atom. The molecule has 110 valence electrons. The molecule has 1 aliphatic rings. The van der Waals surface area contributed by atoms with Crippen molar-refractivity contribution < 1.29 is 13.6 Å². The van der Waals surface area contributed by atoms with Crippen LogP contribution in [0.5, 0.6) is 0 Å². The van der Waals surface area contributed by atoms with Crippen molar-refractivity contribution in [3.8, 4) is 0 Å². The van der Waals surface area contributed by atoms with Gasteiger partial charge in [-0.25, -0.2) is 8.78 Å². The molecule has 0 saturated heterocycles. The Hall–Kier alpha value is -1.16. The first kappa shape index (κ1) is 15.2. The molecule has 0 radical (unpaired) electrons. The highest BCUT2D eigenvalue weighted by molar-refractivity contribution is 6.18. The Bertz CT molecular complexity index is 487. The van der Waals surface area contributed by atoms with Crippen molar-refractivity contribution >= 4 is 17.5 Å². The highest BCUT2D eigenvalue weighted by Crippen LogP contribution is 2.38. The fourth-order valence-electron chi connectivity index (χ4n) is 2.69. The van der Waals surface area contributed by atoms with Gasteiger partial charge in [0.05, 0.1) is 6.42 Å². The minimum atomic E-state index is -0.949. The van der Waals surface area contributed by atoms with E-state index in [9.17, 15) is 13.6 Å². The van der Waals surface area contributed by atoms with E-state index in [4.69, 9.17) is 11.6 Å². The molecule has 1 saturated carbocycles. The maximum atomic E-state index is 13.5. The first-order valence-electron chi connectivity index (χ1n) is 6.82. The van der Waals surface area contributed by atoms with E-state index in [1.54, 1.807) is 0 Å². The number of amides is 1. The van der Waals surface area contributed by atoms with Gasteiger partial charge in [0.2, 0.25) is 5.91 Å². The second-order valence-corrected chi connectivity index (χ2v) is 5.77. The summed E-state index contributed by atoms with van der Waals surface area (Å²) >= 11 is 5.99. The van der Waals surface area contributed by atoms with Crippen LogP contribution < -0.4 is 5.32 Å². The van der Waals surface area contributed by atoms with Crippen LogP contribution in [-0.2, 0) is 11.2 Å². The third kappa shape index (κ3) is 3.48. The number of carbonyl (C=O) groups is 1. The quantitative estimate of drug-likeness (QED) is 0.830. The summed E-state index contributed by atoms with van der Waals surface area (Å²) < 4.78 is 26.5. The molecule has 0 heterocycles. The summed E-state index contributed by atoms with van der Waals surface area (Å²) in [5, 5.41) is 2.80. The van der Waals surface area contributed by atoms with E-state index in [1.165, 1.54) is 12.1 Å². The first-order chi connectivity index (χ1) is 9.56. The number of benzene rings is 1. The van der Waals surface area contributed by atoms with Gasteiger partial charge >= 0.3 is 0 Å². The minimum absolute atomic E-state index is 0.0301. The summed E-state index contributed by atoms with van der Waals surface area (Å²) in [6.07, 6.45) is 4.11. The largest absolute Gasteiger partial charge is 0.355 e. The molecule has 1 aromatic carbocycles. The van der Waals surface area contributed by atoms with E-state index < -0.39 is 11.6 Å². The number of rotatable bonds is 5. The second-order valence-electron chi connectivity index (χ2n) is 5.51. The standard InChI is InChI=1S/C15H18ClF2NO/c16-9-15(6-1-2-7-15)10-19-13(20)8-11-4-3-5-12(17)14(11)18/h3-5H,1-2,6-10H2,(H,19,20). The van der Waals surface area contributed by atoms with E-state index in [1.807, 2.05) is 0 Å². The van der Waals surface area contributed by atoms with Crippen LogP contribution in [0.1, 0.15) is 31.2 Å². The molecule has 0 atom stereocenters. The number of alkyl halides is 1. The fraction of sp³-hybridized carbons (Fsp3) is 0.533. The number of hydrogen-bond acceptors (Lipinski definition) is 1. The number of carbonyl (C=O) groups excluding carboxylic acids is 1. The fourth-order valence-corrected chi connectivity index (χ4v) is 3.05. The smallest absolute Gasteiger partial charge is 0.224 e. The lowest BCUT2D eigenvalue weighted by Crippen LogP contribution is -2.38. The number of halogens is 3. The van der Waals surface area contributed by atoms with Crippen molar-refractivity contribution in [3.05, 3.63) is 35.4 Å². The summed E-state index contributed by atoms with van der Waals surface area (Å²) in [6.45, 7) is 0.506. The molecule has 1 N–H and O–H groups in total. The van der Waals surface area contributed by atoms with Gasteiger partial charge in [-0.1, -0.05) is 25.0 Å². The molecular weight excluding hydrogens is 284 g/mol. The molecule has 2 nitrogen and oxygen atoms in total. The third-order valence-electron chi connectivity index (χ3n) is 3.99. The molecule has 20 heavy (non-hydrogen) atoms. The highest BCUT2D eigenvalue weighted by atomic mass is 35.5. The van der Waals surface area contributed by atoms with Crippen molar-refractivity contribution in [2.45, 2.75) is 32.1 Å².